The second-order valence-electron chi connectivity index (χ2n) is 7.74. The van der Waals surface area contributed by atoms with Crippen LogP contribution in [0.4, 0.5) is 0 Å². The number of aryl methyl sites for hydroxylation is 1. The van der Waals surface area contributed by atoms with Crippen molar-refractivity contribution in [2.75, 3.05) is 13.7 Å². The lowest BCUT2D eigenvalue weighted by Crippen LogP contribution is -2.42. The molecule has 2 aromatic heterocycles. The number of fused-ring (bicyclic) bond motifs is 2. The quantitative estimate of drug-likeness (QED) is 0.541. The molecule has 1 aliphatic rings. The maximum atomic E-state index is 13.6. The Kier molecular flexibility index (Phi) is 4.94. The van der Waals surface area contributed by atoms with Gasteiger partial charge in [0.15, 0.2) is 0 Å². The lowest BCUT2D eigenvalue weighted by molar-refractivity contribution is -0.134. The molecular weight excluding hydrogens is 390 g/mol. The van der Waals surface area contributed by atoms with Gasteiger partial charge in [-0.05, 0) is 29.8 Å². The molecule has 1 aliphatic heterocycles. The van der Waals surface area contributed by atoms with Gasteiger partial charge in [0.25, 0.3) is 0 Å². The summed E-state index contributed by atoms with van der Waals surface area (Å²) in [7, 11) is 1.65. The highest BCUT2D eigenvalue weighted by Crippen LogP contribution is 2.34. The molecule has 0 bridgehead atoms. The Morgan fingerprint density at radius 1 is 1.19 bits per heavy atom. The molecule has 1 unspecified atom stereocenters. The normalized spacial score (nSPS) is 15.8. The number of methoxy groups -OCH3 is 1. The van der Waals surface area contributed by atoms with Crippen molar-refractivity contribution in [1.29, 1.82) is 0 Å². The molecule has 0 saturated heterocycles. The van der Waals surface area contributed by atoms with Gasteiger partial charge in [0.1, 0.15) is 24.2 Å². The minimum atomic E-state index is -0.228. The Morgan fingerprint density at radius 2 is 2.00 bits per heavy atom. The Morgan fingerprint density at radius 3 is 2.77 bits per heavy atom. The maximum Gasteiger partial charge on any atom is 0.243 e. The Hall–Kier alpha value is -3.61. The molecule has 1 amide bonds. The van der Waals surface area contributed by atoms with E-state index in [-0.39, 0.29) is 18.5 Å². The first-order valence-corrected chi connectivity index (χ1v) is 10.6. The van der Waals surface area contributed by atoms with E-state index in [2.05, 4.69) is 16.9 Å². The van der Waals surface area contributed by atoms with Crippen molar-refractivity contribution in [3.8, 4) is 5.75 Å². The van der Waals surface area contributed by atoms with Gasteiger partial charge in [0.2, 0.25) is 5.91 Å². The predicted octanol–water partition coefficient (Wildman–Crippen LogP) is 3.50. The van der Waals surface area contributed by atoms with E-state index in [1.165, 1.54) is 0 Å². The number of hydrogen-bond acceptors (Lipinski definition) is 4. The number of carbonyl (C=O) groups is 1. The first-order valence-electron chi connectivity index (χ1n) is 10.6. The van der Waals surface area contributed by atoms with Crippen LogP contribution in [0.1, 0.15) is 35.7 Å². The fraction of sp³-hybridized carbons (Fsp3) is 0.292. The number of rotatable bonds is 5. The van der Waals surface area contributed by atoms with Crippen LogP contribution < -0.4 is 4.74 Å². The monoisotopic (exact) mass is 415 g/mol. The Balaban J connectivity index is 1.51. The van der Waals surface area contributed by atoms with Crippen LogP contribution in [0.2, 0.25) is 0 Å². The van der Waals surface area contributed by atoms with Gasteiger partial charge >= 0.3 is 0 Å². The van der Waals surface area contributed by atoms with Crippen LogP contribution in [0.5, 0.6) is 5.75 Å². The minimum absolute atomic E-state index is 0.0623. The van der Waals surface area contributed by atoms with Gasteiger partial charge in [-0.25, -0.2) is 9.97 Å². The Labute approximate surface area is 180 Å². The maximum absolute atomic E-state index is 13.6. The predicted molar refractivity (Wildman–Crippen MR) is 118 cm³/mol. The van der Waals surface area contributed by atoms with Gasteiger partial charge < -0.3 is 19.2 Å². The van der Waals surface area contributed by atoms with E-state index in [0.29, 0.717) is 6.54 Å². The number of nitrogens with one attached hydrogen (secondary N) is 1. The summed E-state index contributed by atoms with van der Waals surface area (Å²) in [5, 5.41) is 0. The van der Waals surface area contributed by atoms with Crippen LogP contribution in [-0.4, -0.2) is 44.0 Å². The zero-order valence-electron chi connectivity index (χ0n) is 17.7. The van der Waals surface area contributed by atoms with E-state index in [4.69, 9.17) is 9.72 Å². The number of imidazole rings is 2. The van der Waals surface area contributed by atoms with Crippen LogP contribution in [0.15, 0.2) is 54.9 Å². The SMILES string of the molecule is CCc1nc2ccccc2n1CC(=O)N1CCc2[nH]cnc2C1c1ccc(OC)cc1. The molecule has 0 fully saturated rings. The lowest BCUT2D eigenvalue weighted by Gasteiger charge is -2.35. The van der Waals surface area contributed by atoms with Gasteiger partial charge in [-0.15, -0.1) is 0 Å². The number of benzene rings is 2. The van der Waals surface area contributed by atoms with Crippen molar-refractivity contribution in [1.82, 2.24) is 24.4 Å². The number of ether oxygens (including phenoxy) is 1. The zero-order chi connectivity index (χ0) is 21.4. The third-order valence-corrected chi connectivity index (χ3v) is 6.02. The standard InChI is InChI=1S/C24H25N5O2/c1-3-21-27-18-6-4-5-7-20(18)29(21)14-22(30)28-13-12-19-23(26-15-25-19)24(28)16-8-10-17(31-2)11-9-16/h4-11,15,24H,3,12-14H2,1-2H3,(H,25,26). The molecule has 0 radical (unpaired) electrons. The summed E-state index contributed by atoms with van der Waals surface area (Å²) < 4.78 is 7.35. The summed E-state index contributed by atoms with van der Waals surface area (Å²) in [6.45, 7) is 2.97. The van der Waals surface area contributed by atoms with Crippen LogP contribution in [-0.2, 0) is 24.2 Å². The number of para-hydroxylation sites is 2. The van der Waals surface area contributed by atoms with E-state index in [0.717, 1.165) is 52.4 Å². The van der Waals surface area contributed by atoms with Gasteiger partial charge in [0, 0.05) is 25.1 Å². The lowest BCUT2D eigenvalue weighted by atomic mass is 9.95. The van der Waals surface area contributed by atoms with Crippen molar-refractivity contribution in [3.05, 3.63) is 77.6 Å². The molecule has 2 aromatic carbocycles. The van der Waals surface area contributed by atoms with Crippen molar-refractivity contribution < 1.29 is 9.53 Å². The molecule has 1 N–H and O–H groups in total. The van der Waals surface area contributed by atoms with Gasteiger partial charge in [0.05, 0.1) is 30.2 Å². The molecule has 4 aromatic rings. The van der Waals surface area contributed by atoms with Crippen molar-refractivity contribution >= 4 is 16.9 Å². The first kappa shape index (κ1) is 19.4. The fourth-order valence-corrected chi connectivity index (χ4v) is 4.47. The average Bonchev–Trinajstić information content (AvgIpc) is 3.43. The van der Waals surface area contributed by atoms with E-state index < -0.39 is 0 Å². The van der Waals surface area contributed by atoms with Gasteiger partial charge in [-0.3, -0.25) is 4.79 Å². The highest BCUT2D eigenvalue weighted by molar-refractivity contribution is 5.82. The first-order chi connectivity index (χ1) is 15.2. The number of hydrogen-bond donors (Lipinski definition) is 1. The Bertz CT molecular complexity index is 1220. The van der Waals surface area contributed by atoms with Crippen LogP contribution in [0.3, 0.4) is 0 Å². The smallest absolute Gasteiger partial charge is 0.243 e. The second kappa shape index (κ2) is 7.91. The number of aromatic nitrogens is 4. The molecule has 3 heterocycles. The van der Waals surface area contributed by atoms with E-state index in [1.807, 2.05) is 58.0 Å². The summed E-state index contributed by atoms with van der Waals surface area (Å²) in [5.41, 5.74) is 4.94. The number of aromatic amines is 1. The molecular formula is C24H25N5O2. The minimum Gasteiger partial charge on any atom is -0.497 e. The van der Waals surface area contributed by atoms with Crippen molar-refractivity contribution in [3.63, 3.8) is 0 Å². The van der Waals surface area contributed by atoms with Crippen molar-refractivity contribution in [2.45, 2.75) is 32.4 Å². The van der Waals surface area contributed by atoms with Gasteiger partial charge in [-0.1, -0.05) is 31.2 Å². The largest absolute Gasteiger partial charge is 0.497 e. The van der Waals surface area contributed by atoms with Crippen LogP contribution in [0, 0.1) is 0 Å². The zero-order valence-corrected chi connectivity index (χ0v) is 17.7. The number of H-pyrrole nitrogens is 1. The van der Waals surface area contributed by atoms with E-state index >= 15 is 0 Å². The van der Waals surface area contributed by atoms with E-state index in [1.54, 1.807) is 13.4 Å². The topological polar surface area (TPSA) is 76.0 Å². The van der Waals surface area contributed by atoms with Crippen molar-refractivity contribution in [2.24, 2.45) is 0 Å². The van der Waals surface area contributed by atoms with E-state index in [9.17, 15) is 4.79 Å². The number of amides is 1. The summed E-state index contributed by atoms with van der Waals surface area (Å²) in [5.74, 6) is 1.78. The average molecular weight is 415 g/mol. The molecule has 5 rings (SSSR count). The third kappa shape index (κ3) is 3.36. The summed E-state index contributed by atoms with van der Waals surface area (Å²) in [6.07, 6.45) is 3.25. The third-order valence-electron chi connectivity index (χ3n) is 6.02. The molecule has 7 nitrogen and oxygen atoms in total. The number of nitrogens with zero attached hydrogens (tertiary/aromatic N) is 4. The number of carbonyl (C=O) groups excluding carboxylic acids is 1. The molecule has 0 spiro atoms. The molecule has 158 valence electrons. The fourth-order valence-electron chi connectivity index (χ4n) is 4.47. The highest BCUT2D eigenvalue weighted by atomic mass is 16.5. The second-order valence-corrected chi connectivity index (χ2v) is 7.74. The summed E-state index contributed by atoms with van der Waals surface area (Å²) in [4.78, 5) is 28.1. The summed E-state index contributed by atoms with van der Waals surface area (Å²) >= 11 is 0. The molecule has 7 heteroatoms. The molecule has 0 saturated carbocycles. The molecule has 1 atom stereocenters. The molecule has 0 aliphatic carbocycles. The highest BCUT2D eigenvalue weighted by Gasteiger charge is 2.34. The van der Waals surface area contributed by atoms with Gasteiger partial charge in [-0.2, -0.15) is 0 Å². The van der Waals surface area contributed by atoms with Crippen LogP contribution in [0.25, 0.3) is 11.0 Å². The van der Waals surface area contributed by atoms with Crippen LogP contribution >= 0.6 is 0 Å². The summed E-state index contributed by atoms with van der Waals surface area (Å²) in [6, 6.07) is 15.6. The molecule has 31 heavy (non-hydrogen) atoms.